The summed E-state index contributed by atoms with van der Waals surface area (Å²) in [6.07, 6.45) is 0. The summed E-state index contributed by atoms with van der Waals surface area (Å²) in [6, 6.07) is 0.571. The molecule has 1 aliphatic rings. The monoisotopic (exact) mass is 186 g/mol. The van der Waals surface area contributed by atoms with Crippen LogP contribution < -0.4 is 5.32 Å². The number of nitrogens with one attached hydrogen (secondary N) is 1. The van der Waals surface area contributed by atoms with Gasteiger partial charge in [0.05, 0.1) is 6.61 Å². The average Bonchev–Trinajstić information content (AvgIpc) is 2.08. The van der Waals surface area contributed by atoms with E-state index in [2.05, 4.69) is 24.1 Å². The summed E-state index contributed by atoms with van der Waals surface area (Å²) < 4.78 is 5.21. The normalized spacial score (nSPS) is 25.4. The van der Waals surface area contributed by atoms with E-state index in [1.54, 1.807) is 7.11 Å². The molecule has 0 radical (unpaired) electrons. The number of nitrogens with zero attached hydrogens (tertiary/aromatic N) is 1. The molecule has 0 saturated carbocycles. The summed E-state index contributed by atoms with van der Waals surface area (Å²) >= 11 is 0. The Morgan fingerprint density at radius 1 is 1.54 bits per heavy atom. The maximum Gasteiger partial charge on any atom is 0.0630 e. The van der Waals surface area contributed by atoms with Gasteiger partial charge in [-0.25, -0.2) is 0 Å². The van der Waals surface area contributed by atoms with Crippen LogP contribution >= 0.6 is 0 Å². The summed E-state index contributed by atoms with van der Waals surface area (Å²) in [6.45, 7) is 9.92. The van der Waals surface area contributed by atoms with Crippen molar-refractivity contribution in [3.8, 4) is 0 Å². The fraction of sp³-hybridized carbons (Fsp3) is 1.00. The van der Waals surface area contributed by atoms with Gasteiger partial charge in [-0.05, 0) is 5.92 Å². The fourth-order valence-electron chi connectivity index (χ4n) is 1.87. The molecule has 13 heavy (non-hydrogen) atoms. The van der Waals surface area contributed by atoms with Crippen molar-refractivity contribution in [3.63, 3.8) is 0 Å². The van der Waals surface area contributed by atoms with Crippen molar-refractivity contribution in [2.24, 2.45) is 5.92 Å². The highest BCUT2D eigenvalue weighted by Crippen LogP contribution is 2.07. The van der Waals surface area contributed by atoms with Gasteiger partial charge in [-0.1, -0.05) is 13.8 Å². The molecule has 0 bridgehead atoms. The minimum atomic E-state index is 0.571. The molecular weight excluding hydrogens is 164 g/mol. The molecule has 3 nitrogen and oxygen atoms in total. The van der Waals surface area contributed by atoms with Gasteiger partial charge in [0, 0.05) is 39.3 Å². The van der Waals surface area contributed by atoms with E-state index in [4.69, 9.17) is 4.74 Å². The number of piperazine rings is 1. The molecule has 1 atom stereocenters. The van der Waals surface area contributed by atoms with Crippen LogP contribution in [0.5, 0.6) is 0 Å². The smallest absolute Gasteiger partial charge is 0.0630 e. The molecule has 1 saturated heterocycles. The maximum absolute atomic E-state index is 5.21. The highest BCUT2D eigenvalue weighted by atomic mass is 16.5. The highest BCUT2D eigenvalue weighted by molar-refractivity contribution is 4.79. The summed E-state index contributed by atoms with van der Waals surface area (Å²) in [5.41, 5.74) is 0. The van der Waals surface area contributed by atoms with Gasteiger partial charge in [0.25, 0.3) is 0 Å². The molecule has 3 heteroatoms. The van der Waals surface area contributed by atoms with Gasteiger partial charge in [-0.3, -0.25) is 4.90 Å². The van der Waals surface area contributed by atoms with Gasteiger partial charge in [-0.15, -0.1) is 0 Å². The molecule has 0 amide bonds. The lowest BCUT2D eigenvalue weighted by Crippen LogP contribution is -2.54. The Morgan fingerprint density at radius 2 is 2.31 bits per heavy atom. The molecule has 1 aliphatic heterocycles. The standard InChI is InChI=1S/C10H22N2O/c1-9(2)7-12-5-4-11-6-10(12)8-13-3/h9-11H,4-8H2,1-3H3/t10-/m1/s1. The predicted molar refractivity (Wildman–Crippen MR) is 54.9 cm³/mol. The second-order valence-electron chi connectivity index (χ2n) is 4.20. The Bertz CT molecular complexity index is 137. The molecule has 0 aromatic heterocycles. The Hall–Kier alpha value is -0.120. The van der Waals surface area contributed by atoms with E-state index < -0.39 is 0 Å². The molecule has 1 rings (SSSR count). The van der Waals surface area contributed by atoms with Crippen LogP contribution in [0.3, 0.4) is 0 Å². The summed E-state index contributed by atoms with van der Waals surface area (Å²) in [5, 5.41) is 3.40. The Kier molecular flexibility index (Phi) is 4.70. The Morgan fingerprint density at radius 3 is 2.92 bits per heavy atom. The van der Waals surface area contributed by atoms with Crippen molar-refractivity contribution < 1.29 is 4.74 Å². The zero-order chi connectivity index (χ0) is 9.68. The van der Waals surface area contributed by atoms with Gasteiger partial charge in [0.15, 0.2) is 0 Å². The third kappa shape index (κ3) is 3.63. The van der Waals surface area contributed by atoms with E-state index >= 15 is 0 Å². The van der Waals surface area contributed by atoms with Crippen LogP contribution in [0.25, 0.3) is 0 Å². The number of ether oxygens (including phenoxy) is 1. The third-order valence-electron chi connectivity index (χ3n) is 2.43. The second kappa shape index (κ2) is 5.58. The van der Waals surface area contributed by atoms with Gasteiger partial charge >= 0.3 is 0 Å². The van der Waals surface area contributed by atoms with Crippen LogP contribution in [0.15, 0.2) is 0 Å². The second-order valence-corrected chi connectivity index (χ2v) is 4.20. The number of methoxy groups -OCH3 is 1. The first-order chi connectivity index (χ1) is 6.24. The van der Waals surface area contributed by atoms with Crippen LogP contribution in [-0.2, 0) is 4.74 Å². The van der Waals surface area contributed by atoms with Gasteiger partial charge in [-0.2, -0.15) is 0 Å². The SMILES string of the molecule is COC[C@H]1CNCCN1CC(C)C. The predicted octanol–water partition coefficient (Wildman–Crippen LogP) is 0.563. The summed E-state index contributed by atoms with van der Waals surface area (Å²) in [5.74, 6) is 0.748. The highest BCUT2D eigenvalue weighted by Gasteiger charge is 2.21. The molecule has 1 fully saturated rings. The molecule has 0 aromatic rings. The third-order valence-corrected chi connectivity index (χ3v) is 2.43. The lowest BCUT2D eigenvalue weighted by Gasteiger charge is -2.36. The van der Waals surface area contributed by atoms with Crippen molar-refractivity contribution in [2.75, 3.05) is 39.9 Å². The van der Waals surface area contributed by atoms with E-state index in [1.165, 1.54) is 6.54 Å². The van der Waals surface area contributed by atoms with E-state index in [9.17, 15) is 0 Å². The van der Waals surface area contributed by atoms with E-state index in [0.717, 1.165) is 32.2 Å². The number of rotatable bonds is 4. The first-order valence-corrected chi connectivity index (χ1v) is 5.17. The zero-order valence-corrected chi connectivity index (χ0v) is 9.05. The first kappa shape index (κ1) is 11.0. The largest absolute Gasteiger partial charge is 0.383 e. The molecule has 0 aromatic carbocycles. The number of hydrogen-bond donors (Lipinski definition) is 1. The Balaban J connectivity index is 2.36. The van der Waals surface area contributed by atoms with Gasteiger partial charge < -0.3 is 10.1 Å². The van der Waals surface area contributed by atoms with E-state index in [0.29, 0.717) is 6.04 Å². The van der Waals surface area contributed by atoms with Crippen molar-refractivity contribution in [3.05, 3.63) is 0 Å². The van der Waals surface area contributed by atoms with Crippen LogP contribution in [0.1, 0.15) is 13.8 Å². The summed E-state index contributed by atoms with van der Waals surface area (Å²) in [4.78, 5) is 2.53. The van der Waals surface area contributed by atoms with Gasteiger partial charge in [0.1, 0.15) is 0 Å². The van der Waals surface area contributed by atoms with Crippen molar-refractivity contribution >= 4 is 0 Å². The minimum Gasteiger partial charge on any atom is -0.383 e. The van der Waals surface area contributed by atoms with E-state index in [-0.39, 0.29) is 0 Å². The molecule has 0 unspecified atom stereocenters. The molecule has 1 heterocycles. The number of hydrogen-bond acceptors (Lipinski definition) is 3. The molecule has 0 spiro atoms. The van der Waals surface area contributed by atoms with E-state index in [1.807, 2.05) is 0 Å². The molecular formula is C10H22N2O. The average molecular weight is 186 g/mol. The molecule has 0 aliphatic carbocycles. The quantitative estimate of drug-likeness (QED) is 0.694. The first-order valence-electron chi connectivity index (χ1n) is 5.17. The zero-order valence-electron chi connectivity index (χ0n) is 9.05. The van der Waals surface area contributed by atoms with Crippen LogP contribution in [0, 0.1) is 5.92 Å². The molecule has 1 N–H and O–H groups in total. The van der Waals surface area contributed by atoms with Crippen LogP contribution in [-0.4, -0.2) is 50.8 Å². The van der Waals surface area contributed by atoms with Crippen LogP contribution in [0.4, 0.5) is 0 Å². The lowest BCUT2D eigenvalue weighted by molar-refractivity contribution is 0.0662. The lowest BCUT2D eigenvalue weighted by atomic mass is 10.1. The topological polar surface area (TPSA) is 24.5 Å². The van der Waals surface area contributed by atoms with Crippen molar-refractivity contribution in [2.45, 2.75) is 19.9 Å². The van der Waals surface area contributed by atoms with Crippen LogP contribution in [0.2, 0.25) is 0 Å². The maximum atomic E-state index is 5.21. The summed E-state index contributed by atoms with van der Waals surface area (Å²) in [7, 11) is 1.78. The fourth-order valence-corrected chi connectivity index (χ4v) is 1.87. The molecule has 78 valence electrons. The van der Waals surface area contributed by atoms with Crippen molar-refractivity contribution in [1.82, 2.24) is 10.2 Å². The van der Waals surface area contributed by atoms with Crippen molar-refractivity contribution in [1.29, 1.82) is 0 Å². The van der Waals surface area contributed by atoms with Gasteiger partial charge in [0.2, 0.25) is 0 Å². The minimum absolute atomic E-state index is 0.571. The Labute approximate surface area is 81.4 Å².